The van der Waals surface area contributed by atoms with Crippen LogP contribution in [0.4, 0.5) is 4.79 Å². The molecule has 1 aromatic rings. The summed E-state index contributed by atoms with van der Waals surface area (Å²) in [6.45, 7) is 4.93. The lowest BCUT2D eigenvalue weighted by Crippen LogP contribution is -2.55. The molecule has 2 fully saturated rings. The van der Waals surface area contributed by atoms with Crippen molar-refractivity contribution in [1.82, 2.24) is 15.1 Å². The van der Waals surface area contributed by atoms with Crippen LogP contribution in [0.3, 0.4) is 0 Å². The van der Waals surface area contributed by atoms with Crippen LogP contribution >= 0.6 is 0 Å². The molecule has 4 amide bonds. The second kappa shape index (κ2) is 5.37. The fourth-order valence-corrected chi connectivity index (χ4v) is 3.24. The average Bonchev–Trinajstić information content (AvgIpc) is 2.74. The number of urea groups is 1. The van der Waals surface area contributed by atoms with E-state index in [0.29, 0.717) is 31.5 Å². The lowest BCUT2D eigenvalue weighted by Gasteiger charge is -2.37. The number of nitrogens with zero attached hydrogens (tertiary/aromatic N) is 2. The van der Waals surface area contributed by atoms with Gasteiger partial charge in [-0.1, -0.05) is 6.07 Å². The Morgan fingerprint density at radius 3 is 2.30 bits per heavy atom. The molecule has 0 unspecified atom stereocenters. The number of benzene rings is 1. The molecule has 2 saturated heterocycles. The van der Waals surface area contributed by atoms with Gasteiger partial charge in [0, 0.05) is 25.7 Å². The number of imide groups is 1. The van der Waals surface area contributed by atoms with Crippen molar-refractivity contribution in [3.8, 4) is 0 Å². The van der Waals surface area contributed by atoms with Gasteiger partial charge < -0.3 is 10.2 Å². The fraction of sp³-hybridized carbons (Fsp3) is 0.471. The Hall–Kier alpha value is -2.37. The summed E-state index contributed by atoms with van der Waals surface area (Å²) in [5.41, 5.74) is 2.08. The molecule has 1 N–H and O–H groups in total. The number of rotatable bonds is 1. The third-order valence-electron chi connectivity index (χ3n) is 5.02. The van der Waals surface area contributed by atoms with Crippen molar-refractivity contribution in [2.45, 2.75) is 32.2 Å². The van der Waals surface area contributed by atoms with Crippen molar-refractivity contribution in [1.29, 1.82) is 0 Å². The van der Waals surface area contributed by atoms with Gasteiger partial charge in [0.15, 0.2) is 0 Å². The van der Waals surface area contributed by atoms with Crippen molar-refractivity contribution in [3.63, 3.8) is 0 Å². The molecule has 2 aliphatic heterocycles. The number of piperidine rings is 1. The van der Waals surface area contributed by atoms with E-state index in [2.05, 4.69) is 5.32 Å². The van der Waals surface area contributed by atoms with E-state index in [1.807, 2.05) is 32.0 Å². The number of nitrogens with one attached hydrogen (secondary N) is 1. The summed E-state index contributed by atoms with van der Waals surface area (Å²) >= 11 is 0. The van der Waals surface area contributed by atoms with E-state index < -0.39 is 5.54 Å². The molecule has 2 heterocycles. The second-order valence-corrected chi connectivity index (χ2v) is 6.47. The van der Waals surface area contributed by atoms with Gasteiger partial charge in [-0.3, -0.25) is 14.5 Å². The van der Waals surface area contributed by atoms with Crippen molar-refractivity contribution < 1.29 is 14.4 Å². The number of hydrogen-bond donors (Lipinski definition) is 1. The normalized spacial score (nSPS) is 20.1. The van der Waals surface area contributed by atoms with E-state index in [0.717, 1.165) is 16.0 Å². The predicted octanol–water partition coefficient (Wildman–Crippen LogP) is 1.46. The molecule has 23 heavy (non-hydrogen) atoms. The van der Waals surface area contributed by atoms with Crippen LogP contribution < -0.4 is 5.32 Å². The Morgan fingerprint density at radius 1 is 1.13 bits per heavy atom. The topological polar surface area (TPSA) is 69.7 Å². The molecular weight excluding hydrogens is 294 g/mol. The van der Waals surface area contributed by atoms with Crippen LogP contribution in [0.25, 0.3) is 0 Å². The van der Waals surface area contributed by atoms with E-state index in [4.69, 9.17) is 0 Å². The summed E-state index contributed by atoms with van der Waals surface area (Å²) < 4.78 is 0. The first kappa shape index (κ1) is 15.5. The molecule has 0 radical (unpaired) electrons. The van der Waals surface area contributed by atoms with Crippen molar-refractivity contribution in [3.05, 3.63) is 34.9 Å². The van der Waals surface area contributed by atoms with Crippen LogP contribution in [0.5, 0.6) is 0 Å². The first-order valence-electron chi connectivity index (χ1n) is 7.81. The van der Waals surface area contributed by atoms with Crippen LogP contribution in [-0.4, -0.2) is 53.3 Å². The highest BCUT2D eigenvalue weighted by Crippen LogP contribution is 2.29. The molecule has 0 atom stereocenters. The maximum atomic E-state index is 12.6. The Balaban J connectivity index is 1.72. The summed E-state index contributed by atoms with van der Waals surface area (Å²) in [6.07, 6.45) is 0.914. The Labute approximate surface area is 135 Å². The maximum absolute atomic E-state index is 12.6. The summed E-state index contributed by atoms with van der Waals surface area (Å²) in [5, 5.41) is 2.78. The summed E-state index contributed by atoms with van der Waals surface area (Å²) in [4.78, 5) is 39.4. The number of likely N-dealkylation sites (tertiary alicyclic amines) is 1. The Morgan fingerprint density at radius 2 is 1.78 bits per heavy atom. The first-order valence-corrected chi connectivity index (χ1v) is 7.81. The zero-order valence-electron chi connectivity index (χ0n) is 13.7. The highest BCUT2D eigenvalue weighted by atomic mass is 16.2. The maximum Gasteiger partial charge on any atom is 0.324 e. The number of aryl methyl sites for hydroxylation is 2. The molecule has 122 valence electrons. The van der Waals surface area contributed by atoms with Gasteiger partial charge in [0.1, 0.15) is 5.54 Å². The largest absolute Gasteiger partial charge is 0.338 e. The Kier molecular flexibility index (Phi) is 3.62. The van der Waals surface area contributed by atoms with Crippen molar-refractivity contribution >= 4 is 17.8 Å². The zero-order chi connectivity index (χ0) is 16.8. The van der Waals surface area contributed by atoms with Crippen LogP contribution in [0, 0.1) is 13.8 Å². The minimum absolute atomic E-state index is 0.0203. The molecule has 2 aliphatic rings. The molecule has 6 heteroatoms. The average molecular weight is 315 g/mol. The summed E-state index contributed by atoms with van der Waals surface area (Å²) in [5.74, 6) is -0.214. The molecule has 0 bridgehead atoms. The van der Waals surface area contributed by atoms with Gasteiger partial charge in [-0.05, 0) is 49.9 Å². The minimum atomic E-state index is -0.828. The predicted molar refractivity (Wildman–Crippen MR) is 85.1 cm³/mol. The quantitative estimate of drug-likeness (QED) is 0.798. The van der Waals surface area contributed by atoms with Crippen molar-refractivity contribution in [2.24, 2.45) is 0 Å². The van der Waals surface area contributed by atoms with Gasteiger partial charge in [0.05, 0.1) is 0 Å². The van der Waals surface area contributed by atoms with Gasteiger partial charge in [-0.25, -0.2) is 4.79 Å². The van der Waals surface area contributed by atoms with Gasteiger partial charge >= 0.3 is 6.03 Å². The molecule has 6 nitrogen and oxygen atoms in total. The third-order valence-corrected chi connectivity index (χ3v) is 5.02. The molecular formula is C17H21N3O3. The number of hydrogen-bond acceptors (Lipinski definition) is 3. The van der Waals surface area contributed by atoms with Crippen LogP contribution in [0.2, 0.25) is 0 Å². The minimum Gasteiger partial charge on any atom is -0.338 e. The molecule has 0 aromatic heterocycles. The number of carbonyl (C=O) groups excluding carboxylic acids is 3. The number of amides is 4. The van der Waals surface area contributed by atoms with Gasteiger partial charge in [-0.2, -0.15) is 0 Å². The first-order chi connectivity index (χ1) is 10.8. The van der Waals surface area contributed by atoms with E-state index in [1.165, 1.54) is 7.05 Å². The SMILES string of the molecule is Cc1ccc(C(=O)N2CCC3(CC2)NC(=O)N(C)C3=O)cc1C. The van der Waals surface area contributed by atoms with Crippen LogP contribution in [0.15, 0.2) is 18.2 Å². The van der Waals surface area contributed by atoms with E-state index >= 15 is 0 Å². The molecule has 1 spiro atoms. The monoisotopic (exact) mass is 315 g/mol. The molecule has 1 aromatic carbocycles. The van der Waals surface area contributed by atoms with E-state index in [1.54, 1.807) is 4.90 Å². The van der Waals surface area contributed by atoms with Gasteiger partial charge in [0.25, 0.3) is 11.8 Å². The fourth-order valence-electron chi connectivity index (χ4n) is 3.24. The molecule has 0 aliphatic carbocycles. The lowest BCUT2D eigenvalue weighted by atomic mass is 9.87. The smallest absolute Gasteiger partial charge is 0.324 e. The molecule has 3 rings (SSSR count). The van der Waals surface area contributed by atoms with E-state index in [9.17, 15) is 14.4 Å². The summed E-state index contributed by atoms with van der Waals surface area (Å²) in [7, 11) is 1.49. The highest BCUT2D eigenvalue weighted by Gasteiger charge is 2.51. The standard InChI is InChI=1S/C17H21N3O3/c1-11-4-5-13(10-12(11)2)14(21)20-8-6-17(7-9-20)15(22)19(3)16(23)18-17/h4-5,10H,6-9H2,1-3H3,(H,18,23). The summed E-state index contributed by atoms with van der Waals surface area (Å²) in [6, 6.07) is 5.33. The zero-order valence-corrected chi connectivity index (χ0v) is 13.7. The second-order valence-electron chi connectivity index (χ2n) is 6.47. The number of likely N-dealkylation sites (N-methyl/N-ethyl adjacent to an activating group) is 1. The lowest BCUT2D eigenvalue weighted by molar-refractivity contribution is -0.131. The van der Waals surface area contributed by atoms with E-state index in [-0.39, 0.29) is 17.8 Å². The molecule has 0 saturated carbocycles. The van der Waals surface area contributed by atoms with Crippen molar-refractivity contribution in [2.75, 3.05) is 20.1 Å². The number of carbonyl (C=O) groups is 3. The van der Waals surface area contributed by atoms with Crippen LogP contribution in [0.1, 0.15) is 34.3 Å². The van der Waals surface area contributed by atoms with Crippen LogP contribution in [-0.2, 0) is 4.79 Å². The Bertz CT molecular complexity index is 690. The van der Waals surface area contributed by atoms with Gasteiger partial charge in [0.2, 0.25) is 0 Å². The highest BCUT2D eigenvalue weighted by molar-refractivity contribution is 6.07. The van der Waals surface area contributed by atoms with Gasteiger partial charge in [-0.15, -0.1) is 0 Å². The third kappa shape index (κ3) is 2.48.